The van der Waals surface area contributed by atoms with Crippen LogP contribution < -0.4 is 0 Å². The highest BCUT2D eigenvalue weighted by atomic mass is 16.2. The molecule has 1 saturated heterocycles. The van der Waals surface area contributed by atoms with E-state index in [4.69, 9.17) is 0 Å². The Bertz CT molecular complexity index is 859. The smallest absolute Gasteiger partial charge is 0.293 e. The van der Waals surface area contributed by atoms with Crippen molar-refractivity contribution in [2.75, 3.05) is 13.1 Å². The van der Waals surface area contributed by atoms with E-state index < -0.39 is 0 Å². The summed E-state index contributed by atoms with van der Waals surface area (Å²) in [6.45, 7) is 3.23. The van der Waals surface area contributed by atoms with Crippen molar-refractivity contribution in [2.24, 2.45) is 7.05 Å². The molecule has 0 atom stereocenters. The van der Waals surface area contributed by atoms with Crippen LogP contribution in [-0.4, -0.2) is 53.3 Å². The third-order valence-electron chi connectivity index (χ3n) is 3.89. The van der Waals surface area contributed by atoms with Crippen LogP contribution in [0.4, 0.5) is 0 Å². The number of fused-ring (bicyclic) bond motifs is 1. The zero-order valence-electron chi connectivity index (χ0n) is 12.3. The van der Waals surface area contributed by atoms with Crippen LogP contribution in [0.15, 0.2) is 24.7 Å². The Kier molecular flexibility index (Phi) is 2.72. The molecular formula is C14H15N7O. The molecule has 0 aromatic carbocycles. The van der Waals surface area contributed by atoms with Gasteiger partial charge in [0.1, 0.15) is 12.2 Å². The molecule has 0 radical (unpaired) electrons. The molecule has 0 spiro atoms. The summed E-state index contributed by atoms with van der Waals surface area (Å²) in [5.74, 6) is 1.21. The minimum absolute atomic E-state index is 0.116. The molecule has 0 aliphatic carbocycles. The second-order valence-corrected chi connectivity index (χ2v) is 5.57. The van der Waals surface area contributed by atoms with E-state index in [9.17, 15) is 4.79 Å². The molecule has 4 rings (SSSR count). The van der Waals surface area contributed by atoms with Gasteiger partial charge in [-0.1, -0.05) is 6.07 Å². The molecule has 1 aliphatic rings. The normalized spacial score (nSPS) is 15.3. The summed E-state index contributed by atoms with van der Waals surface area (Å²) >= 11 is 0. The molecule has 0 unspecified atom stereocenters. The van der Waals surface area contributed by atoms with E-state index in [0.29, 0.717) is 19.0 Å². The van der Waals surface area contributed by atoms with Crippen LogP contribution in [0.2, 0.25) is 0 Å². The number of aromatic nitrogens is 6. The fourth-order valence-corrected chi connectivity index (χ4v) is 2.69. The lowest BCUT2D eigenvalue weighted by Gasteiger charge is -2.38. The van der Waals surface area contributed by atoms with Crippen molar-refractivity contribution in [1.82, 2.24) is 34.3 Å². The Morgan fingerprint density at radius 3 is 2.82 bits per heavy atom. The van der Waals surface area contributed by atoms with Gasteiger partial charge in [-0.15, -0.1) is 5.10 Å². The zero-order valence-corrected chi connectivity index (χ0v) is 12.3. The van der Waals surface area contributed by atoms with Crippen LogP contribution in [0.3, 0.4) is 0 Å². The summed E-state index contributed by atoms with van der Waals surface area (Å²) in [7, 11) is 1.75. The first kappa shape index (κ1) is 12.9. The maximum Gasteiger partial charge on any atom is 0.293 e. The van der Waals surface area contributed by atoms with Crippen LogP contribution in [0, 0.1) is 6.92 Å². The number of nitrogens with zero attached hydrogens (tertiary/aromatic N) is 7. The molecule has 3 aromatic rings. The highest BCUT2D eigenvalue weighted by Gasteiger charge is 2.34. The average Bonchev–Trinajstić information content (AvgIpc) is 3.01. The quantitative estimate of drug-likeness (QED) is 0.684. The average molecular weight is 297 g/mol. The fourth-order valence-electron chi connectivity index (χ4n) is 2.69. The number of likely N-dealkylation sites (tertiary alicyclic amines) is 1. The Morgan fingerprint density at radius 1 is 1.27 bits per heavy atom. The molecule has 112 valence electrons. The van der Waals surface area contributed by atoms with Gasteiger partial charge in [-0.2, -0.15) is 5.10 Å². The van der Waals surface area contributed by atoms with E-state index in [1.165, 1.54) is 11.0 Å². The second-order valence-electron chi connectivity index (χ2n) is 5.57. The summed E-state index contributed by atoms with van der Waals surface area (Å²) < 4.78 is 3.32. The van der Waals surface area contributed by atoms with E-state index in [2.05, 4.69) is 26.2 Å². The van der Waals surface area contributed by atoms with Gasteiger partial charge in [-0.05, 0) is 18.6 Å². The lowest BCUT2D eigenvalue weighted by atomic mass is 9.92. The third kappa shape index (κ3) is 2.03. The van der Waals surface area contributed by atoms with E-state index >= 15 is 0 Å². The van der Waals surface area contributed by atoms with Crippen LogP contribution >= 0.6 is 0 Å². The van der Waals surface area contributed by atoms with Gasteiger partial charge in [0.15, 0.2) is 5.65 Å². The molecule has 4 heterocycles. The largest absolute Gasteiger partial charge is 0.335 e. The SMILES string of the molecule is Cc1nc2ccc(C3CN(C(=O)c4ncn(C)n4)C3)cn2n1. The predicted octanol–water partition coefficient (Wildman–Crippen LogP) is 0.406. The molecule has 8 nitrogen and oxygen atoms in total. The summed E-state index contributed by atoms with van der Waals surface area (Å²) in [6, 6.07) is 4.01. The second kappa shape index (κ2) is 4.62. The first-order chi connectivity index (χ1) is 10.6. The minimum atomic E-state index is -0.116. The van der Waals surface area contributed by atoms with Crippen molar-refractivity contribution in [1.29, 1.82) is 0 Å². The Morgan fingerprint density at radius 2 is 2.09 bits per heavy atom. The van der Waals surface area contributed by atoms with Crippen molar-refractivity contribution < 1.29 is 4.79 Å². The molecule has 3 aromatic heterocycles. The summed E-state index contributed by atoms with van der Waals surface area (Å²) in [5, 5.41) is 8.37. The highest BCUT2D eigenvalue weighted by molar-refractivity contribution is 5.91. The topological polar surface area (TPSA) is 81.2 Å². The van der Waals surface area contributed by atoms with Gasteiger partial charge in [-0.3, -0.25) is 9.48 Å². The standard InChI is InChI=1S/C14H15N7O/c1-9-16-12-4-3-10(7-21(12)17-9)11-5-20(6-11)14(22)13-15-8-19(2)18-13/h3-4,7-8,11H,5-6H2,1-2H3. The third-order valence-corrected chi connectivity index (χ3v) is 3.89. The van der Waals surface area contributed by atoms with Crippen molar-refractivity contribution >= 4 is 11.6 Å². The van der Waals surface area contributed by atoms with Crippen molar-refractivity contribution in [3.63, 3.8) is 0 Å². The minimum Gasteiger partial charge on any atom is -0.335 e. The van der Waals surface area contributed by atoms with Gasteiger partial charge in [0.2, 0.25) is 5.82 Å². The summed E-state index contributed by atoms with van der Waals surface area (Å²) in [5.41, 5.74) is 2.00. The van der Waals surface area contributed by atoms with Crippen LogP contribution in [0.5, 0.6) is 0 Å². The first-order valence-corrected chi connectivity index (χ1v) is 7.08. The van der Waals surface area contributed by atoms with E-state index in [-0.39, 0.29) is 11.7 Å². The lowest BCUT2D eigenvalue weighted by molar-refractivity contribution is 0.0589. The van der Waals surface area contributed by atoms with Crippen molar-refractivity contribution in [2.45, 2.75) is 12.8 Å². The van der Waals surface area contributed by atoms with Gasteiger partial charge in [-0.25, -0.2) is 14.5 Å². The number of carbonyl (C=O) groups excluding carboxylic acids is 1. The number of rotatable bonds is 2. The number of pyridine rings is 1. The maximum absolute atomic E-state index is 12.2. The van der Waals surface area contributed by atoms with Gasteiger partial charge in [0, 0.05) is 32.3 Å². The fraction of sp³-hybridized carbons (Fsp3) is 0.357. The van der Waals surface area contributed by atoms with E-state index in [0.717, 1.165) is 17.0 Å². The molecular weight excluding hydrogens is 282 g/mol. The summed E-state index contributed by atoms with van der Waals surface area (Å²) in [4.78, 5) is 22.3. The Labute approximate surface area is 126 Å². The molecule has 0 N–H and O–H groups in total. The predicted molar refractivity (Wildman–Crippen MR) is 77.4 cm³/mol. The lowest BCUT2D eigenvalue weighted by Crippen LogP contribution is -2.48. The van der Waals surface area contributed by atoms with E-state index in [1.54, 1.807) is 16.5 Å². The van der Waals surface area contributed by atoms with E-state index in [1.807, 2.05) is 19.2 Å². The monoisotopic (exact) mass is 297 g/mol. The number of carbonyl (C=O) groups is 1. The number of aryl methyl sites for hydroxylation is 2. The molecule has 1 fully saturated rings. The molecule has 0 bridgehead atoms. The molecule has 1 amide bonds. The number of amides is 1. The summed E-state index contributed by atoms with van der Waals surface area (Å²) in [6.07, 6.45) is 3.52. The van der Waals surface area contributed by atoms with Gasteiger partial charge in [0.05, 0.1) is 0 Å². The molecule has 1 aliphatic heterocycles. The van der Waals surface area contributed by atoms with Crippen molar-refractivity contribution in [3.8, 4) is 0 Å². The number of hydrogen-bond donors (Lipinski definition) is 0. The first-order valence-electron chi connectivity index (χ1n) is 7.08. The van der Waals surface area contributed by atoms with Gasteiger partial charge in [0.25, 0.3) is 5.91 Å². The van der Waals surface area contributed by atoms with Gasteiger partial charge < -0.3 is 4.90 Å². The molecule has 8 heteroatoms. The Hall–Kier alpha value is -2.77. The zero-order chi connectivity index (χ0) is 15.3. The van der Waals surface area contributed by atoms with Crippen LogP contribution in [0.25, 0.3) is 5.65 Å². The molecule has 22 heavy (non-hydrogen) atoms. The van der Waals surface area contributed by atoms with Gasteiger partial charge >= 0.3 is 0 Å². The maximum atomic E-state index is 12.2. The van der Waals surface area contributed by atoms with Crippen LogP contribution in [0.1, 0.15) is 27.9 Å². The van der Waals surface area contributed by atoms with Crippen LogP contribution in [-0.2, 0) is 7.05 Å². The molecule has 0 saturated carbocycles. The highest BCUT2D eigenvalue weighted by Crippen LogP contribution is 2.27. The Balaban J connectivity index is 1.48. The van der Waals surface area contributed by atoms with Crippen molar-refractivity contribution in [3.05, 3.63) is 41.9 Å². The number of hydrogen-bond acceptors (Lipinski definition) is 5.